The number of fused-ring (bicyclic) bond motifs is 1. The first kappa shape index (κ1) is 15.1. The van der Waals surface area contributed by atoms with Gasteiger partial charge in [-0.1, -0.05) is 6.07 Å². The highest BCUT2D eigenvalue weighted by atomic mass is 32.2. The van der Waals surface area contributed by atoms with Crippen LogP contribution in [-0.2, 0) is 21.1 Å². The third kappa shape index (κ3) is 3.52. The maximum Gasteiger partial charge on any atom is 0.224 e. The quantitative estimate of drug-likeness (QED) is 0.874. The zero-order valence-corrected chi connectivity index (χ0v) is 13.0. The molecule has 22 heavy (non-hydrogen) atoms. The molecular formula is C15H19NO5S. The summed E-state index contributed by atoms with van der Waals surface area (Å²) in [6, 6.07) is 5.73. The molecular weight excluding hydrogens is 306 g/mol. The Morgan fingerprint density at radius 3 is 2.73 bits per heavy atom. The summed E-state index contributed by atoms with van der Waals surface area (Å²) in [5, 5.41) is 2.82. The number of amides is 1. The molecule has 0 spiro atoms. The van der Waals surface area contributed by atoms with Gasteiger partial charge in [-0.25, -0.2) is 8.42 Å². The van der Waals surface area contributed by atoms with Crippen LogP contribution in [0.25, 0.3) is 0 Å². The van der Waals surface area contributed by atoms with Gasteiger partial charge >= 0.3 is 0 Å². The SMILES string of the molecule is O=C(NCCc1ccc2c(c1)OCCO2)C1CCS(=O)(=O)C1. The maximum atomic E-state index is 11.9. The highest BCUT2D eigenvalue weighted by Crippen LogP contribution is 2.30. The van der Waals surface area contributed by atoms with Crippen molar-refractivity contribution in [3.8, 4) is 11.5 Å². The minimum Gasteiger partial charge on any atom is -0.486 e. The van der Waals surface area contributed by atoms with Crippen molar-refractivity contribution < 1.29 is 22.7 Å². The summed E-state index contributed by atoms with van der Waals surface area (Å²) >= 11 is 0. The van der Waals surface area contributed by atoms with Gasteiger partial charge in [0.05, 0.1) is 17.4 Å². The smallest absolute Gasteiger partial charge is 0.224 e. The Hall–Kier alpha value is -1.76. The molecule has 1 aromatic carbocycles. The molecule has 0 aromatic heterocycles. The standard InChI is InChI=1S/C15H19NO5S/c17-15(12-4-8-22(18,19)10-12)16-5-3-11-1-2-13-14(9-11)21-7-6-20-13/h1-2,9,12H,3-8,10H2,(H,16,17). The summed E-state index contributed by atoms with van der Waals surface area (Å²) in [5.41, 5.74) is 1.04. The molecule has 1 saturated heterocycles. The number of sulfone groups is 1. The average Bonchev–Trinajstić information content (AvgIpc) is 2.87. The van der Waals surface area contributed by atoms with Crippen LogP contribution in [0.3, 0.4) is 0 Å². The number of carbonyl (C=O) groups excluding carboxylic acids is 1. The summed E-state index contributed by atoms with van der Waals surface area (Å²) in [5.74, 6) is 1.01. The normalized spacial score (nSPS) is 22.3. The Morgan fingerprint density at radius 1 is 1.23 bits per heavy atom. The average molecular weight is 325 g/mol. The molecule has 1 amide bonds. The van der Waals surface area contributed by atoms with Crippen molar-refractivity contribution in [2.24, 2.45) is 5.92 Å². The van der Waals surface area contributed by atoms with E-state index in [2.05, 4.69) is 5.32 Å². The largest absolute Gasteiger partial charge is 0.486 e. The summed E-state index contributed by atoms with van der Waals surface area (Å²) in [7, 11) is -3.02. The summed E-state index contributed by atoms with van der Waals surface area (Å²) < 4.78 is 33.7. The Bertz CT molecular complexity index is 671. The molecule has 7 heteroatoms. The van der Waals surface area contributed by atoms with Crippen molar-refractivity contribution in [3.05, 3.63) is 23.8 Å². The van der Waals surface area contributed by atoms with E-state index in [4.69, 9.17) is 9.47 Å². The van der Waals surface area contributed by atoms with E-state index in [1.165, 1.54) is 0 Å². The van der Waals surface area contributed by atoms with E-state index in [-0.39, 0.29) is 17.4 Å². The summed E-state index contributed by atoms with van der Waals surface area (Å²) in [6.07, 6.45) is 1.10. The first-order valence-corrected chi connectivity index (χ1v) is 9.22. The van der Waals surface area contributed by atoms with Gasteiger partial charge < -0.3 is 14.8 Å². The van der Waals surface area contributed by atoms with Crippen LogP contribution in [0.15, 0.2) is 18.2 Å². The predicted molar refractivity (Wildman–Crippen MR) is 80.9 cm³/mol. The van der Waals surface area contributed by atoms with Crippen LogP contribution in [0.2, 0.25) is 0 Å². The van der Waals surface area contributed by atoms with Crippen molar-refractivity contribution in [2.45, 2.75) is 12.8 Å². The molecule has 2 heterocycles. The second kappa shape index (κ2) is 6.16. The van der Waals surface area contributed by atoms with E-state index in [1.54, 1.807) is 0 Å². The lowest BCUT2D eigenvalue weighted by Gasteiger charge is -2.19. The van der Waals surface area contributed by atoms with Crippen LogP contribution >= 0.6 is 0 Å². The van der Waals surface area contributed by atoms with Crippen molar-refractivity contribution in [1.82, 2.24) is 5.32 Å². The monoisotopic (exact) mass is 325 g/mol. The molecule has 2 aliphatic rings. The molecule has 0 aliphatic carbocycles. The Morgan fingerprint density at radius 2 is 2.00 bits per heavy atom. The molecule has 0 radical (unpaired) electrons. The van der Waals surface area contributed by atoms with Gasteiger partial charge in [-0.05, 0) is 30.5 Å². The Labute approximate surface area is 129 Å². The first-order valence-electron chi connectivity index (χ1n) is 7.40. The summed E-state index contributed by atoms with van der Waals surface area (Å²) in [6.45, 7) is 1.59. The van der Waals surface area contributed by atoms with E-state index in [0.717, 1.165) is 17.1 Å². The zero-order valence-electron chi connectivity index (χ0n) is 12.2. The molecule has 120 valence electrons. The Balaban J connectivity index is 1.50. The number of carbonyl (C=O) groups is 1. The number of hydrogen-bond acceptors (Lipinski definition) is 5. The van der Waals surface area contributed by atoms with Crippen LogP contribution in [0.4, 0.5) is 0 Å². The lowest BCUT2D eigenvalue weighted by molar-refractivity contribution is -0.124. The second-order valence-corrected chi connectivity index (χ2v) is 7.85. The molecule has 1 atom stereocenters. The molecule has 1 unspecified atom stereocenters. The summed E-state index contributed by atoms with van der Waals surface area (Å²) in [4.78, 5) is 11.9. The van der Waals surface area contributed by atoms with Gasteiger partial charge in [-0.15, -0.1) is 0 Å². The minimum absolute atomic E-state index is 0.0249. The van der Waals surface area contributed by atoms with E-state index < -0.39 is 15.8 Å². The fraction of sp³-hybridized carbons (Fsp3) is 0.533. The number of hydrogen-bond donors (Lipinski definition) is 1. The Kier molecular flexibility index (Phi) is 4.24. The number of ether oxygens (including phenoxy) is 2. The lowest BCUT2D eigenvalue weighted by Crippen LogP contribution is -2.32. The molecule has 1 aromatic rings. The van der Waals surface area contributed by atoms with Gasteiger partial charge in [0.25, 0.3) is 0 Å². The van der Waals surface area contributed by atoms with Crippen molar-refractivity contribution in [3.63, 3.8) is 0 Å². The van der Waals surface area contributed by atoms with Crippen molar-refractivity contribution in [2.75, 3.05) is 31.3 Å². The topological polar surface area (TPSA) is 81.7 Å². The maximum absolute atomic E-state index is 11.9. The van der Waals surface area contributed by atoms with Crippen molar-refractivity contribution >= 4 is 15.7 Å². The van der Waals surface area contributed by atoms with Crippen LogP contribution in [0.1, 0.15) is 12.0 Å². The number of nitrogens with one attached hydrogen (secondary N) is 1. The van der Waals surface area contributed by atoms with E-state index in [9.17, 15) is 13.2 Å². The van der Waals surface area contributed by atoms with Gasteiger partial charge in [-0.2, -0.15) is 0 Å². The molecule has 1 N–H and O–H groups in total. The van der Waals surface area contributed by atoms with Crippen molar-refractivity contribution in [1.29, 1.82) is 0 Å². The third-order valence-electron chi connectivity index (χ3n) is 3.92. The van der Waals surface area contributed by atoms with Gasteiger partial charge in [0, 0.05) is 6.54 Å². The van der Waals surface area contributed by atoms with E-state index in [1.807, 2.05) is 18.2 Å². The number of benzene rings is 1. The molecule has 3 rings (SSSR count). The van der Waals surface area contributed by atoms with Crippen LogP contribution in [0, 0.1) is 5.92 Å². The fourth-order valence-corrected chi connectivity index (χ4v) is 4.46. The van der Waals surface area contributed by atoms with Gasteiger partial charge in [0.2, 0.25) is 5.91 Å². The first-order chi connectivity index (χ1) is 10.5. The highest BCUT2D eigenvalue weighted by molar-refractivity contribution is 7.91. The predicted octanol–water partition coefficient (Wildman–Crippen LogP) is 0.551. The van der Waals surface area contributed by atoms with E-state index >= 15 is 0 Å². The van der Waals surface area contributed by atoms with E-state index in [0.29, 0.717) is 32.6 Å². The van der Waals surface area contributed by atoms with Gasteiger partial charge in [-0.3, -0.25) is 4.79 Å². The molecule has 0 saturated carbocycles. The van der Waals surface area contributed by atoms with Crippen LogP contribution in [0.5, 0.6) is 11.5 Å². The molecule has 1 fully saturated rings. The highest BCUT2D eigenvalue weighted by Gasteiger charge is 2.32. The minimum atomic E-state index is -3.02. The third-order valence-corrected chi connectivity index (χ3v) is 5.69. The number of rotatable bonds is 4. The van der Waals surface area contributed by atoms with Crippen LogP contribution in [-0.4, -0.2) is 45.6 Å². The van der Waals surface area contributed by atoms with Gasteiger partial charge in [0.1, 0.15) is 13.2 Å². The van der Waals surface area contributed by atoms with Crippen LogP contribution < -0.4 is 14.8 Å². The molecule has 2 aliphatic heterocycles. The lowest BCUT2D eigenvalue weighted by atomic mass is 10.1. The zero-order chi connectivity index (χ0) is 15.6. The fourth-order valence-electron chi connectivity index (χ4n) is 2.72. The second-order valence-electron chi connectivity index (χ2n) is 5.62. The molecule has 0 bridgehead atoms. The molecule has 6 nitrogen and oxygen atoms in total. The van der Waals surface area contributed by atoms with Gasteiger partial charge in [0.15, 0.2) is 21.3 Å².